The number of Topliss-reactive ketones (excluding diaryl/α,β-unsaturated/α-hetero) is 1. The number of nitriles is 1. The molecule has 0 aliphatic rings. The molecule has 5 heteroatoms. The van der Waals surface area contributed by atoms with Crippen molar-refractivity contribution in [3.8, 4) is 17.5 Å². The zero-order chi connectivity index (χ0) is 12.3. The Morgan fingerprint density at radius 3 is 2.71 bits per heavy atom. The average molecular weight is 226 g/mol. The number of rotatable bonds is 3. The van der Waals surface area contributed by atoms with E-state index in [0.717, 1.165) is 5.56 Å². The van der Waals surface area contributed by atoms with Gasteiger partial charge in [-0.2, -0.15) is 5.26 Å². The van der Waals surface area contributed by atoms with Gasteiger partial charge in [0.2, 0.25) is 0 Å². The second kappa shape index (κ2) is 4.58. The Balaban J connectivity index is 2.36. The summed E-state index contributed by atoms with van der Waals surface area (Å²) in [7, 11) is 0. The Morgan fingerprint density at radius 2 is 2.12 bits per heavy atom. The van der Waals surface area contributed by atoms with Crippen LogP contribution in [0, 0.1) is 11.3 Å². The predicted molar refractivity (Wildman–Crippen MR) is 60.9 cm³/mol. The molecule has 0 saturated carbocycles. The Kier molecular flexibility index (Phi) is 2.97. The van der Waals surface area contributed by atoms with E-state index >= 15 is 0 Å². The van der Waals surface area contributed by atoms with E-state index in [9.17, 15) is 4.79 Å². The molecule has 1 aromatic heterocycles. The predicted octanol–water partition coefficient (Wildman–Crippen LogP) is 1.41. The van der Waals surface area contributed by atoms with Gasteiger partial charge >= 0.3 is 0 Å². The third kappa shape index (κ3) is 2.37. The molecule has 2 rings (SSSR count). The number of benzene rings is 1. The Morgan fingerprint density at radius 1 is 1.41 bits per heavy atom. The van der Waals surface area contributed by atoms with Crippen LogP contribution >= 0.6 is 0 Å². The molecule has 0 aliphatic carbocycles. The van der Waals surface area contributed by atoms with Gasteiger partial charge in [0, 0.05) is 5.56 Å². The largest absolute Gasteiger partial charge is 0.306 e. The highest BCUT2D eigenvalue weighted by Gasteiger charge is 2.08. The van der Waals surface area contributed by atoms with Gasteiger partial charge in [0.05, 0.1) is 18.2 Å². The van der Waals surface area contributed by atoms with Crippen molar-refractivity contribution in [1.82, 2.24) is 14.8 Å². The summed E-state index contributed by atoms with van der Waals surface area (Å²) in [5, 5.41) is 16.5. The molecule has 0 N–H and O–H groups in total. The number of nitrogens with zero attached hydrogens (tertiary/aromatic N) is 4. The fourth-order valence-corrected chi connectivity index (χ4v) is 1.53. The van der Waals surface area contributed by atoms with Crippen molar-refractivity contribution in [3.63, 3.8) is 0 Å². The first-order valence-corrected chi connectivity index (χ1v) is 5.08. The first-order chi connectivity index (χ1) is 8.20. The normalized spacial score (nSPS) is 9.88. The van der Waals surface area contributed by atoms with Crippen LogP contribution in [0.25, 0.3) is 11.4 Å². The minimum atomic E-state index is 0.0414. The van der Waals surface area contributed by atoms with Gasteiger partial charge in [-0.1, -0.05) is 0 Å². The van der Waals surface area contributed by atoms with E-state index < -0.39 is 0 Å². The first kappa shape index (κ1) is 11.0. The highest BCUT2D eigenvalue weighted by atomic mass is 16.1. The zero-order valence-corrected chi connectivity index (χ0v) is 9.29. The highest BCUT2D eigenvalue weighted by Crippen LogP contribution is 2.16. The van der Waals surface area contributed by atoms with E-state index in [1.54, 1.807) is 28.8 Å². The van der Waals surface area contributed by atoms with Gasteiger partial charge in [0.1, 0.15) is 12.1 Å². The third-order valence-corrected chi connectivity index (χ3v) is 2.28. The van der Waals surface area contributed by atoms with Crippen LogP contribution in [0.3, 0.4) is 0 Å². The van der Waals surface area contributed by atoms with Gasteiger partial charge in [-0.3, -0.25) is 4.79 Å². The lowest BCUT2D eigenvalue weighted by Crippen LogP contribution is -2.06. The van der Waals surface area contributed by atoms with Gasteiger partial charge in [-0.15, -0.1) is 10.2 Å². The second-order valence-corrected chi connectivity index (χ2v) is 3.67. The van der Waals surface area contributed by atoms with Crippen molar-refractivity contribution in [2.45, 2.75) is 13.5 Å². The van der Waals surface area contributed by atoms with Crippen LogP contribution in [0.4, 0.5) is 0 Å². The third-order valence-electron chi connectivity index (χ3n) is 2.28. The Hall–Kier alpha value is -2.48. The van der Waals surface area contributed by atoms with Crippen molar-refractivity contribution in [2.24, 2.45) is 0 Å². The fraction of sp³-hybridized carbons (Fsp3) is 0.167. The lowest BCUT2D eigenvalue weighted by molar-refractivity contribution is -0.117. The molecule has 0 amide bonds. The molecule has 0 saturated heterocycles. The zero-order valence-electron chi connectivity index (χ0n) is 9.29. The van der Waals surface area contributed by atoms with Crippen molar-refractivity contribution in [3.05, 3.63) is 36.2 Å². The maximum Gasteiger partial charge on any atom is 0.164 e. The summed E-state index contributed by atoms with van der Waals surface area (Å²) in [6, 6.07) is 9.05. The number of carbonyl (C=O) groups excluding carboxylic acids is 1. The van der Waals surface area contributed by atoms with Gasteiger partial charge in [0.25, 0.3) is 0 Å². The Labute approximate surface area is 98.3 Å². The molecule has 0 atom stereocenters. The minimum Gasteiger partial charge on any atom is -0.306 e. The minimum absolute atomic E-state index is 0.0414. The molecule has 0 unspecified atom stereocenters. The van der Waals surface area contributed by atoms with Gasteiger partial charge in [0.15, 0.2) is 5.82 Å². The summed E-state index contributed by atoms with van der Waals surface area (Å²) in [6.07, 6.45) is 1.52. The standard InChI is InChI=1S/C12H10N4O/c1-9(17)7-16-8-14-15-12(16)11-4-2-10(6-13)3-5-11/h2-5,8H,7H2,1H3. The molecule has 17 heavy (non-hydrogen) atoms. The molecule has 1 heterocycles. The van der Waals surface area contributed by atoms with Crippen molar-refractivity contribution < 1.29 is 4.79 Å². The summed E-state index contributed by atoms with van der Waals surface area (Å²) in [5.41, 5.74) is 1.43. The molecular weight excluding hydrogens is 216 g/mol. The van der Waals surface area contributed by atoms with Crippen LogP contribution in [-0.4, -0.2) is 20.5 Å². The number of aromatic nitrogens is 3. The molecule has 0 fully saturated rings. The smallest absolute Gasteiger partial charge is 0.164 e. The number of hydrogen-bond donors (Lipinski definition) is 0. The maximum atomic E-state index is 11.1. The van der Waals surface area contributed by atoms with E-state index in [2.05, 4.69) is 10.2 Å². The molecule has 1 aromatic carbocycles. The maximum absolute atomic E-state index is 11.1. The van der Waals surface area contributed by atoms with Crippen molar-refractivity contribution >= 4 is 5.78 Å². The summed E-state index contributed by atoms with van der Waals surface area (Å²) >= 11 is 0. The Bertz CT molecular complexity index is 577. The van der Waals surface area contributed by atoms with E-state index in [4.69, 9.17) is 5.26 Å². The lowest BCUT2D eigenvalue weighted by Gasteiger charge is -2.03. The van der Waals surface area contributed by atoms with Crippen LogP contribution in [0.2, 0.25) is 0 Å². The second-order valence-electron chi connectivity index (χ2n) is 3.67. The van der Waals surface area contributed by atoms with Gasteiger partial charge < -0.3 is 4.57 Å². The fourth-order valence-electron chi connectivity index (χ4n) is 1.53. The van der Waals surface area contributed by atoms with E-state index in [0.29, 0.717) is 11.4 Å². The topological polar surface area (TPSA) is 71.6 Å². The molecule has 5 nitrogen and oxygen atoms in total. The quantitative estimate of drug-likeness (QED) is 0.793. The van der Waals surface area contributed by atoms with E-state index in [1.807, 2.05) is 6.07 Å². The van der Waals surface area contributed by atoms with Crippen LogP contribution < -0.4 is 0 Å². The lowest BCUT2D eigenvalue weighted by atomic mass is 10.1. The monoisotopic (exact) mass is 226 g/mol. The first-order valence-electron chi connectivity index (χ1n) is 5.08. The van der Waals surface area contributed by atoms with Crippen molar-refractivity contribution in [1.29, 1.82) is 5.26 Å². The van der Waals surface area contributed by atoms with E-state index in [-0.39, 0.29) is 12.3 Å². The van der Waals surface area contributed by atoms with Crippen LogP contribution in [0.1, 0.15) is 12.5 Å². The summed E-state index contributed by atoms with van der Waals surface area (Å²) in [6.45, 7) is 1.77. The van der Waals surface area contributed by atoms with Crippen LogP contribution in [0.15, 0.2) is 30.6 Å². The average Bonchev–Trinajstić information content (AvgIpc) is 2.76. The number of ketones is 1. The van der Waals surface area contributed by atoms with Gasteiger partial charge in [-0.25, -0.2) is 0 Å². The number of carbonyl (C=O) groups is 1. The summed E-state index contributed by atoms with van der Waals surface area (Å²) in [5.74, 6) is 0.671. The van der Waals surface area contributed by atoms with Crippen LogP contribution in [-0.2, 0) is 11.3 Å². The highest BCUT2D eigenvalue weighted by molar-refractivity contribution is 5.76. The molecule has 0 aliphatic heterocycles. The SMILES string of the molecule is CC(=O)Cn1cnnc1-c1ccc(C#N)cc1. The molecule has 0 bridgehead atoms. The van der Waals surface area contributed by atoms with E-state index in [1.165, 1.54) is 13.3 Å². The van der Waals surface area contributed by atoms with Gasteiger partial charge in [-0.05, 0) is 31.2 Å². The molecule has 84 valence electrons. The molecule has 0 radical (unpaired) electrons. The summed E-state index contributed by atoms with van der Waals surface area (Å²) in [4.78, 5) is 11.1. The molecule has 2 aromatic rings. The molecule has 0 spiro atoms. The number of hydrogen-bond acceptors (Lipinski definition) is 4. The molecular formula is C12H10N4O. The van der Waals surface area contributed by atoms with Crippen LogP contribution in [0.5, 0.6) is 0 Å². The van der Waals surface area contributed by atoms with Crippen molar-refractivity contribution in [2.75, 3.05) is 0 Å². The summed E-state index contributed by atoms with van der Waals surface area (Å²) < 4.78 is 1.68.